The summed E-state index contributed by atoms with van der Waals surface area (Å²) in [5, 5.41) is 0. The Morgan fingerprint density at radius 3 is 2.87 bits per heavy atom. The second-order valence-corrected chi connectivity index (χ2v) is 8.24. The summed E-state index contributed by atoms with van der Waals surface area (Å²) in [6, 6.07) is 6.39. The summed E-state index contributed by atoms with van der Waals surface area (Å²) in [5.74, 6) is 0.350. The summed E-state index contributed by atoms with van der Waals surface area (Å²) >= 11 is 1.46. The van der Waals surface area contributed by atoms with Gasteiger partial charge in [-0.25, -0.2) is 9.37 Å². The third-order valence-electron chi connectivity index (χ3n) is 5.36. The molecule has 0 spiro atoms. The van der Waals surface area contributed by atoms with Crippen LogP contribution in [0.1, 0.15) is 41.6 Å². The van der Waals surface area contributed by atoms with Crippen LogP contribution in [0.15, 0.2) is 41.0 Å². The van der Waals surface area contributed by atoms with E-state index in [9.17, 15) is 4.39 Å². The molecule has 0 amide bonds. The molecular weight excluding hydrogens is 413 g/mol. The van der Waals surface area contributed by atoms with Gasteiger partial charge in [-0.05, 0) is 54.7 Å². The van der Waals surface area contributed by atoms with Gasteiger partial charge in [0.1, 0.15) is 11.9 Å². The number of nitrogen functional groups attached to an aromatic ring is 1. The number of rotatable bonds is 2. The van der Waals surface area contributed by atoms with Crippen molar-refractivity contribution in [3.8, 4) is 16.9 Å². The van der Waals surface area contributed by atoms with Gasteiger partial charge < -0.3 is 16.2 Å². The van der Waals surface area contributed by atoms with E-state index in [0.29, 0.717) is 29.0 Å². The zero-order valence-corrected chi connectivity index (χ0v) is 18.5. The average molecular weight is 438 g/mol. The van der Waals surface area contributed by atoms with Crippen LogP contribution in [0.5, 0.6) is 5.75 Å². The zero-order chi connectivity index (χ0) is 22.1. The molecule has 31 heavy (non-hydrogen) atoms. The van der Waals surface area contributed by atoms with Gasteiger partial charge in [0.15, 0.2) is 11.6 Å². The Morgan fingerprint density at radius 1 is 1.32 bits per heavy atom. The predicted molar refractivity (Wildman–Crippen MR) is 124 cm³/mol. The van der Waals surface area contributed by atoms with Crippen LogP contribution >= 0.6 is 11.5 Å². The van der Waals surface area contributed by atoms with E-state index in [1.165, 1.54) is 23.7 Å². The first kappa shape index (κ1) is 21.0. The van der Waals surface area contributed by atoms with Crippen LogP contribution in [0.2, 0.25) is 0 Å². The molecule has 0 saturated carbocycles. The molecule has 1 unspecified atom stereocenters. The van der Waals surface area contributed by atoms with E-state index < -0.39 is 6.10 Å². The van der Waals surface area contributed by atoms with Gasteiger partial charge in [-0.1, -0.05) is 6.92 Å². The lowest BCUT2D eigenvalue weighted by molar-refractivity contribution is 0.227. The first-order chi connectivity index (χ1) is 14.9. The van der Waals surface area contributed by atoms with Crippen LogP contribution in [0.25, 0.3) is 16.8 Å². The van der Waals surface area contributed by atoms with Crippen LogP contribution < -0.4 is 16.2 Å². The summed E-state index contributed by atoms with van der Waals surface area (Å²) in [6.07, 6.45) is 4.29. The minimum Gasteiger partial charge on any atom is -0.482 e. The maximum atomic E-state index is 14.1. The Kier molecular flexibility index (Phi) is 5.73. The molecule has 3 heterocycles. The number of aromatic nitrogens is 2. The lowest BCUT2D eigenvalue weighted by Gasteiger charge is -2.22. The average Bonchev–Trinajstić information content (AvgIpc) is 3.16. The topological polar surface area (TPSA) is 99.4 Å². The SMILES string of the molecule is CCc1snc2c1-c1cnc(N)c(c1)OC(C)c1cc(F)ccc1C(N)=C(C=NC)C2. The van der Waals surface area contributed by atoms with Crippen molar-refractivity contribution < 1.29 is 9.13 Å². The summed E-state index contributed by atoms with van der Waals surface area (Å²) in [7, 11) is 1.70. The molecule has 2 aromatic heterocycles. The lowest BCUT2D eigenvalue weighted by Crippen LogP contribution is -2.14. The number of fused-ring (bicyclic) bond motifs is 5. The quantitative estimate of drug-likeness (QED) is 0.573. The van der Waals surface area contributed by atoms with Gasteiger partial charge in [0.25, 0.3) is 0 Å². The molecule has 2 bridgehead atoms. The molecule has 0 aliphatic carbocycles. The molecule has 6 nitrogen and oxygen atoms in total. The number of pyridine rings is 1. The summed E-state index contributed by atoms with van der Waals surface area (Å²) in [5.41, 5.74) is 18.1. The fraction of sp³-hybridized carbons (Fsp3) is 0.261. The van der Waals surface area contributed by atoms with Gasteiger partial charge in [0.2, 0.25) is 0 Å². The van der Waals surface area contributed by atoms with Gasteiger partial charge in [-0.2, -0.15) is 4.37 Å². The molecule has 160 valence electrons. The second-order valence-electron chi connectivity index (χ2n) is 7.38. The van der Waals surface area contributed by atoms with Crippen molar-refractivity contribution in [1.29, 1.82) is 0 Å². The molecule has 1 aliphatic rings. The Balaban J connectivity index is 2.03. The number of aryl methyl sites for hydroxylation is 1. The first-order valence-corrected chi connectivity index (χ1v) is 10.8. The molecule has 1 aliphatic heterocycles. The number of benzene rings is 1. The monoisotopic (exact) mass is 437 g/mol. The number of hydrogen-bond donors (Lipinski definition) is 2. The van der Waals surface area contributed by atoms with Crippen molar-refractivity contribution >= 4 is 29.3 Å². The second kappa shape index (κ2) is 8.47. The minimum absolute atomic E-state index is 0.274. The fourth-order valence-electron chi connectivity index (χ4n) is 3.83. The van der Waals surface area contributed by atoms with E-state index in [0.717, 1.165) is 33.7 Å². The van der Waals surface area contributed by atoms with Crippen molar-refractivity contribution in [3.05, 3.63) is 63.6 Å². The first-order valence-electron chi connectivity index (χ1n) is 10.0. The largest absolute Gasteiger partial charge is 0.482 e. The standard InChI is InChI=1S/C23H24FN5OS/c1-4-20-21-13-8-19(23(26)28-11-13)30-12(2)17-9-15(24)5-6-16(17)22(25)14(10-27-3)7-18(21)29-31-20/h5-6,8-12H,4,7,25H2,1-3H3,(H2,26,28). The number of hydrogen-bond acceptors (Lipinski definition) is 7. The van der Waals surface area contributed by atoms with Gasteiger partial charge >= 0.3 is 0 Å². The van der Waals surface area contributed by atoms with Crippen LogP contribution in [-0.4, -0.2) is 22.6 Å². The number of nitrogens with two attached hydrogens (primary N) is 2. The number of ether oxygens (including phenoxy) is 1. The van der Waals surface area contributed by atoms with Gasteiger partial charge in [-0.15, -0.1) is 0 Å². The highest BCUT2D eigenvalue weighted by Gasteiger charge is 2.23. The van der Waals surface area contributed by atoms with Crippen molar-refractivity contribution in [2.24, 2.45) is 10.7 Å². The number of nitrogens with zero attached hydrogens (tertiary/aromatic N) is 3. The van der Waals surface area contributed by atoms with Crippen molar-refractivity contribution in [2.75, 3.05) is 12.8 Å². The third kappa shape index (κ3) is 3.90. The molecule has 1 atom stereocenters. The zero-order valence-electron chi connectivity index (χ0n) is 17.6. The highest BCUT2D eigenvalue weighted by atomic mass is 32.1. The lowest BCUT2D eigenvalue weighted by atomic mass is 9.94. The highest BCUT2D eigenvalue weighted by molar-refractivity contribution is 7.06. The summed E-state index contributed by atoms with van der Waals surface area (Å²) in [6.45, 7) is 3.93. The minimum atomic E-state index is -0.506. The Labute approximate surface area is 184 Å². The normalized spacial score (nSPS) is 16.3. The molecule has 4 N–H and O–H groups in total. The van der Waals surface area contributed by atoms with E-state index in [4.69, 9.17) is 20.6 Å². The van der Waals surface area contributed by atoms with E-state index in [2.05, 4.69) is 16.9 Å². The van der Waals surface area contributed by atoms with E-state index in [-0.39, 0.29) is 11.6 Å². The van der Waals surface area contributed by atoms with Crippen LogP contribution in [0.3, 0.4) is 0 Å². The summed E-state index contributed by atoms with van der Waals surface area (Å²) in [4.78, 5) is 9.70. The molecule has 0 fully saturated rings. The van der Waals surface area contributed by atoms with Crippen LogP contribution in [0.4, 0.5) is 10.2 Å². The number of aliphatic imine (C=N–C) groups is 1. The van der Waals surface area contributed by atoms with Gasteiger partial charge in [0.05, 0.1) is 5.69 Å². The predicted octanol–water partition coefficient (Wildman–Crippen LogP) is 4.56. The molecule has 8 heteroatoms. The van der Waals surface area contributed by atoms with E-state index in [1.807, 2.05) is 13.0 Å². The Hall–Kier alpha value is -3.26. The molecular formula is C23H24FN5OS. The maximum Gasteiger partial charge on any atom is 0.166 e. The molecule has 3 aromatic rings. The molecule has 4 rings (SSSR count). The van der Waals surface area contributed by atoms with Gasteiger partial charge in [-0.3, -0.25) is 4.99 Å². The van der Waals surface area contributed by atoms with Crippen molar-refractivity contribution in [1.82, 2.24) is 9.36 Å². The summed E-state index contributed by atoms with van der Waals surface area (Å²) < 4.78 is 25.0. The fourth-order valence-corrected chi connectivity index (χ4v) is 4.66. The number of halogens is 1. The Morgan fingerprint density at radius 2 is 2.13 bits per heavy atom. The van der Waals surface area contributed by atoms with Crippen molar-refractivity contribution in [3.63, 3.8) is 0 Å². The number of allylic oxidation sites excluding steroid dienone is 1. The highest BCUT2D eigenvalue weighted by Crippen LogP contribution is 2.38. The molecule has 0 radical (unpaired) electrons. The molecule has 1 aromatic carbocycles. The maximum absolute atomic E-state index is 14.1. The van der Waals surface area contributed by atoms with Gasteiger partial charge in [0, 0.05) is 58.7 Å². The smallest absolute Gasteiger partial charge is 0.166 e. The Bertz CT molecular complexity index is 1200. The third-order valence-corrected chi connectivity index (χ3v) is 6.38. The van der Waals surface area contributed by atoms with Crippen LogP contribution in [0, 0.1) is 5.82 Å². The van der Waals surface area contributed by atoms with E-state index in [1.54, 1.807) is 25.5 Å². The van der Waals surface area contributed by atoms with Crippen LogP contribution in [-0.2, 0) is 12.8 Å². The number of anilines is 1. The van der Waals surface area contributed by atoms with Crippen molar-refractivity contribution in [2.45, 2.75) is 32.8 Å². The van der Waals surface area contributed by atoms with E-state index >= 15 is 0 Å². The molecule has 0 saturated heterocycles.